The second kappa shape index (κ2) is 5.09. The molecular weight excluding hydrogens is 282 g/mol. The van der Waals surface area contributed by atoms with E-state index in [0.29, 0.717) is 17.7 Å². The van der Waals surface area contributed by atoms with Crippen molar-refractivity contribution in [2.24, 2.45) is 35.5 Å². The van der Waals surface area contributed by atoms with Crippen LogP contribution in [0.1, 0.15) is 44.6 Å². The zero-order chi connectivity index (χ0) is 15.6. The third kappa shape index (κ3) is 2.03. The van der Waals surface area contributed by atoms with Crippen molar-refractivity contribution >= 4 is 11.6 Å². The van der Waals surface area contributed by atoms with Gasteiger partial charge in [0.25, 0.3) is 0 Å². The van der Waals surface area contributed by atoms with Crippen LogP contribution in [0.25, 0.3) is 0 Å². The van der Waals surface area contributed by atoms with Crippen LogP contribution in [0, 0.1) is 35.5 Å². The Labute approximate surface area is 139 Å². The van der Waals surface area contributed by atoms with Crippen LogP contribution in [-0.4, -0.2) is 12.5 Å². The fraction of sp³-hybridized carbons (Fsp3) is 0.667. The van der Waals surface area contributed by atoms with Crippen LogP contribution in [0.2, 0.25) is 0 Å². The molecule has 6 atom stereocenters. The molecule has 1 amide bonds. The SMILES string of the molecule is CC1CCC2CC3CC(C3C2)C1C(=O)N1CCc2ccccc21. The first kappa shape index (κ1) is 14.1. The molecule has 0 spiro atoms. The standard InChI is InChI=1S/C21H27NO/c1-13-6-7-14-10-16-12-18(17(16)11-14)20(13)21(23)22-9-8-15-4-2-3-5-19(15)22/h2-5,13-14,16-18,20H,6-12H2,1H3. The summed E-state index contributed by atoms with van der Waals surface area (Å²) in [6.07, 6.45) is 7.86. The van der Waals surface area contributed by atoms with E-state index in [2.05, 4.69) is 36.1 Å². The molecule has 23 heavy (non-hydrogen) atoms. The maximum Gasteiger partial charge on any atom is 0.230 e. The average Bonchev–Trinajstić information content (AvgIpc) is 3.12. The number of anilines is 1. The highest BCUT2D eigenvalue weighted by Gasteiger charge is 2.54. The summed E-state index contributed by atoms with van der Waals surface area (Å²) in [6.45, 7) is 3.24. The van der Waals surface area contributed by atoms with Gasteiger partial charge in [0.1, 0.15) is 0 Å². The summed E-state index contributed by atoms with van der Waals surface area (Å²) in [5.74, 6) is 4.76. The number of amides is 1. The maximum atomic E-state index is 13.5. The smallest absolute Gasteiger partial charge is 0.230 e. The Kier molecular flexibility index (Phi) is 3.11. The molecule has 0 aromatic heterocycles. The van der Waals surface area contributed by atoms with Gasteiger partial charge < -0.3 is 4.90 Å². The summed E-state index contributed by atoms with van der Waals surface area (Å²) in [4.78, 5) is 15.6. The Morgan fingerprint density at radius 2 is 1.96 bits per heavy atom. The van der Waals surface area contributed by atoms with Crippen LogP contribution in [0.4, 0.5) is 5.69 Å². The van der Waals surface area contributed by atoms with Crippen molar-refractivity contribution < 1.29 is 4.79 Å². The van der Waals surface area contributed by atoms with Gasteiger partial charge in [-0.1, -0.05) is 31.5 Å². The summed E-state index contributed by atoms with van der Waals surface area (Å²) in [6, 6.07) is 8.50. The number of rotatable bonds is 1. The number of carbonyl (C=O) groups excluding carboxylic acids is 1. The summed E-state index contributed by atoms with van der Waals surface area (Å²) < 4.78 is 0. The third-order valence-electron chi connectivity index (χ3n) is 7.51. The van der Waals surface area contributed by atoms with E-state index in [1.165, 1.54) is 43.4 Å². The predicted molar refractivity (Wildman–Crippen MR) is 92.2 cm³/mol. The molecule has 3 aliphatic carbocycles. The number of benzene rings is 1. The second-order valence-corrected chi connectivity index (χ2v) is 8.61. The van der Waals surface area contributed by atoms with Crippen molar-refractivity contribution in [3.05, 3.63) is 29.8 Å². The number of hydrogen-bond acceptors (Lipinski definition) is 1. The molecule has 3 fully saturated rings. The molecule has 1 heterocycles. The lowest BCUT2D eigenvalue weighted by Gasteiger charge is -2.47. The predicted octanol–water partition coefficient (Wildman–Crippen LogP) is 4.28. The quantitative estimate of drug-likeness (QED) is 0.758. The van der Waals surface area contributed by atoms with Gasteiger partial charge in [-0.15, -0.1) is 0 Å². The van der Waals surface area contributed by atoms with Crippen molar-refractivity contribution in [2.45, 2.75) is 45.4 Å². The molecule has 6 unspecified atom stereocenters. The topological polar surface area (TPSA) is 20.3 Å². The van der Waals surface area contributed by atoms with Gasteiger partial charge in [0.15, 0.2) is 0 Å². The Morgan fingerprint density at radius 1 is 1.09 bits per heavy atom. The van der Waals surface area contributed by atoms with Gasteiger partial charge in [-0.25, -0.2) is 0 Å². The Bertz CT molecular complexity index is 638. The molecule has 1 aromatic carbocycles. The maximum absolute atomic E-state index is 13.5. The number of para-hydroxylation sites is 1. The van der Waals surface area contributed by atoms with E-state index < -0.39 is 0 Å². The Balaban J connectivity index is 1.45. The molecule has 0 radical (unpaired) electrons. The summed E-state index contributed by atoms with van der Waals surface area (Å²) in [7, 11) is 0. The molecule has 1 aliphatic heterocycles. The monoisotopic (exact) mass is 309 g/mol. The number of fused-ring (bicyclic) bond motifs is 2. The first-order valence-electron chi connectivity index (χ1n) is 9.61. The molecule has 4 aliphatic rings. The van der Waals surface area contributed by atoms with Crippen LogP contribution in [-0.2, 0) is 11.2 Å². The number of carbonyl (C=O) groups is 1. The molecular formula is C21H27NO. The van der Waals surface area contributed by atoms with E-state index in [1.807, 2.05) is 0 Å². The first-order valence-corrected chi connectivity index (χ1v) is 9.61. The van der Waals surface area contributed by atoms with E-state index in [0.717, 1.165) is 30.7 Å². The van der Waals surface area contributed by atoms with Gasteiger partial charge in [-0.3, -0.25) is 4.79 Å². The first-order chi connectivity index (χ1) is 11.2. The van der Waals surface area contributed by atoms with E-state index in [9.17, 15) is 4.79 Å². The zero-order valence-corrected chi connectivity index (χ0v) is 14.1. The zero-order valence-electron chi connectivity index (χ0n) is 14.1. The van der Waals surface area contributed by atoms with Crippen molar-refractivity contribution in [1.82, 2.24) is 0 Å². The normalized spacial score (nSPS) is 41.0. The average molecular weight is 309 g/mol. The van der Waals surface area contributed by atoms with Crippen LogP contribution in [0.5, 0.6) is 0 Å². The fourth-order valence-electron chi connectivity index (χ4n) is 6.32. The minimum absolute atomic E-state index is 0.279. The van der Waals surface area contributed by atoms with E-state index >= 15 is 0 Å². The fourth-order valence-corrected chi connectivity index (χ4v) is 6.32. The lowest BCUT2D eigenvalue weighted by molar-refractivity contribution is -0.130. The molecule has 122 valence electrons. The van der Waals surface area contributed by atoms with Crippen LogP contribution in [0.3, 0.4) is 0 Å². The van der Waals surface area contributed by atoms with Crippen molar-refractivity contribution in [1.29, 1.82) is 0 Å². The lowest BCUT2D eigenvalue weighted by Crippen LogP contribution is -2.48. The second-order valence-electron chi connectivity index (χ2n) is 8.61. The lowest BCUT2D eigenvalue weighted by atomic mass is 9.58. The molecule has 0 saturated heterocycles. The molecule has 5 rings (SSSR count). The molecule has 1 aromatic rings. The van der Waals surface area contributed by atoms with Gasteiger partial charge in [0.05, 0.1) is 0 Å². The van der Waals surface area contributed by atoms with Crippen LogP contribution >= 0.6 is 0 Å². The Hall–Kier alpha value is -1.31. The van der Waals surface area contributed by atoms with Crippen LogP contribution < -0.4 is 4.90 Å². The summed E-state index contributed by atoms with van der Waals surface area (Å²) in [5.41, 5.74) is 2.54. The van der Waals surface area contributed by atoms with E-state index in [1.54, 1.807) is 0 Å². The van der Waals surface area contributed by atoms with Crippen LogP contribution in [0.15, 0.2) is 24.3 Å². The van der Waals surface area contributed by atoms with Gasteiger partial charge in [0, 0.05) is 18.2 Å². The van der Waals surface area contributed by atoms with Gasteiger partial charge in [-0.05, 0) is 73.3 Å². The number of nitrogens with zero attached hydrogens (tertiary/aromatic N) is 1. The summed E-state index contributed by atoms with van der Waals surface area (Å²) in [5, 5.41) is 0. The minimum Gasteiger partial charge on any atom is -0.312 e. The van der Waals surface area contributed by atoms with E-state index in [4.69, 9.17) is 0 Å². The molecule has 3 saturated carbocycles. The van der Waals surface area contributed by atoms with Gasteiger partial charge in [-0.2, -0.15) is 0 Å². The van der Waals surface area contributed by atoms with Gasteiger partial charge in [0.2, 0.25) is 5.91 Å². The molecule has 2 nitrogen and oxygen atoms in total. The van der Waals surface area contributed by atoms with E-state index in [-0.39, 0.29) is 5.92 Å². The summed E-state index contributed by atoms with van der Waals surface area (Å²) >= 11 is 0. The van der Waals surface area contributed by atoms with Crippen molar-refractivity contribution in [3.63, 3.8) is 0 Å². The minimum atomic E-state index is 0.279. The van der Waals surface area contributed by atoms with Crippen molar-refractivity contribution in [2.75, 3.05) is 11.4 Å². The highest BCUT2D eigenvalue weighted by Crippen LogP contribution is 2.60. The number of hydrogen-bond donors (Lipinski definition) is 0. The largest absolute Gasteiger partial charge is 0.312 e. The molecule has 2 heteroatoms. The highest BCUT2D eigenvalue weighted by atomic mass is 16.2. The Morgan fingerprint density at radius 3 is 2.87 bits per heavy atom. The van der Waals surface area contributed by atoms with Crippen molar-refractivity contribution in [3.8, 4) is 0 Å². The molecule has 0 N–H and O–H groups in total. The molecule has 2 bridgehead atoms. The highest BCUT2D eigenvalue weighted by molar-refractivity contribution is 5.97. The van der Waals surface area contributed by atoms with Gasteiger partial charge >= 0.3 is 0 Å². The third-order valence-corrected chi connectivity index (χ3v) is 7.51.